The van der Waals surface area contributed by atoms with Crippen LogP contribution in [-0.2, 0) is 0 Å². The van der Waals surface area contributed by atoms with Crippen LogP contribution in [-0.4, -0.2) is 18.3 Å². The SMILES string of the molecule is CCC(CC)(CO)CNC(C)c1ccc(Br)cc1Cl. The molecule has 0 fully saturated rings. The molecular weight excluding hydrogens is 326 g/mol. The second-order valence-corrected chi connectivity index (χ2v) is 6.46. The van der Waals surface area contributed by atoms with Crippen LogP contribution >= 0.6 is 27.5 Å². The first kappa shape index (κ1) is 17.0. The van der Waals surface area contributed by atoms with E-state index in [9.17, 15) is 5.11 Å². The van der Waals surface area contributed by atoms with Crippen molar-refractivity contribution in [1.29, 1.82) is 0 Å². The molecule has 1 atom stereocenters. The van der Waals surface area contributed by atoms with E-state index in [1.54, 1.807) is 0 Å². The third kappa shape index (κ3) is 4.45. The molecule has 0 bridgehead atoms. The van der Waals surface area contributed by atoms with E-state index in [2.05, 4.69) is 42.0 Å². The minimum absolute atomic E-state index is 0.0316. The fourth-order valence-corrected chi connectivity index (χ4v) is 2.95. The molecule has 4 heteroatoms. The van der Waals surface area contributed by atoms with Gasteiger partial charge < -0.3 is 10.4 Å². The highest BCUT2D eigenvalue weighted by molar-refractivity contribution is 9.10. The Labute approximate surface area is 129 Å². The van der Waals surface area contributed by atoms with Crippen LogP contribution in [0.3, 0.4) is 0 Å². The average molecular weight is 349 g/mol. The van der Waals surface area contributed by atoms with E-state index in [1.807, 2.05) is 18.2 Å². The molecule has 1 rings (SSSR count). The average Bonchev–Trinajstić information content (AvgIpc) is 2.40. The Kier molecular flexibility index (Phi) is 6.81. The van der Waals surface area contributed by atoms with Gasteiger partial charge in [-0.3, -0.25) is 0 Å². The fourth-order valence-electron chi connectivity index (χ4n) is 2.11. The van der Waals surface area contributed by atoms with Gasteiger partial charge in [0.1, 0.15) is 0 Å². The van der Waals surface area contributed by atoms with Crippen molar-refractivity contribution in [2.45, 2.75) is 39.7 Å². The largest absolute Gasteiger partial charge is 0.396 e. The van der Waals surface area contributed by atoms with Crippen LogP contribution in [0.5, 0.6) is 0 Å². The van der Waals surface area contributed by atoms with Crippen molar-refractivity contribution in [3.05, 3.63) is 33.3 Å². The first-order chi connectivity index (χ1) is 8.98. The summed E-state index contributed by atoms with van der Waals surface area (Å²) < 4.78 is 0.986. The molecule has 2 N–H and O–H groups in total. The van der Waals surface area contributed by atoms with Crippen molar-refractivity contribution in [3.63, 3.8) is 0 Å². The van der Waals surface area contributed by atoms with E-state index in [0.717, 1.165) is 34.4 Å². The number of hydrogen-bond donors (Lipinski definition) is 2. The number of aliphatic hydroxyl groups excluding tert-OH is 1. The smallest absolute Gasteiger partial charge is 0.0499 e. The molecule has 2 nitrogen and oxygen atoms in total. The summed E-state index contributed by atoms with van der Waals surface area (Å²) in [6, 6.07) is 6.11. The highest BCUT2D eigenvalue weighted by Crippen LogP contribution is 2.29. The van der Waals surface area contributed by atoms with E-state index in [0.29, 0.717) is 0 Å². The predicted octanol–water partition coefficient (Wildman–Crippen LogP) is 4.55. The number of aliphatic hydroxyl groups is 1. The van der Waals surface area contributed by atoms with Crippen LogP contribution in [0, 0.1) is 5.41 Å². The maximum Gasteiger partial charge on any atom is 0.0499 e. The lowest BCUT2D eigenvalue weighted by molar-refractivity contribution is 0.110. The van der Waals surface area contributed by atoms with Crippen LogP contribution in [0.15, 0.2) is 22.7 Å². The summed E-state index contributed by atoms with van der Waals surface area (Å²) >= 11 is 9.67. The van der Waals surface area contributed by atoms with Crippen molar-refractivity contribution in [2.75, 3.05) is 13.2 Å². The first-order valence-corrected chi connectivity index (χ1v) is 7.94. The summed E-state index contributed by atoms with van der Waals surface area (Å²) in [7, 11) is 0. The van der Waals surface area contributed by atoms with Gasteiger partial charge in [-0.25, -0.2) is 0 Å². The van der Waals surface area contributed by atoms with Gasteiger partial charge in [0.25, 0.3) is 0 Å². The summed E-state index contributed by atoms with van der Waals surface area (Å²) in [6.07, 6.45) is 1.93. The van der Waals surface area contributed by atoms with Crippen LogP contribution in [0.25, 0.3) is 0 Å². The maximum atomic E-state index is 9.58. The van der Waals surface area contributed by atoms with Crippen molar-refractivity contribution < 1.29 is 5.11 Å². The summed E-state index contributed by atoms with van der Waals surface area (Å²) in [6.45, 7) is 7.36. The number of rotatable bonds is 7. The second kappa shape index (κ2) is 7.63. The van der Waals surface area contributed by atoms with Gasteiger partial charge in [0, 0.05) is 34.1 Å². The van der Waals surface area contributed by atoms with Gasteiger partial charge in [-0.1, -0.05) is 47.4 Å². The Morgan fingerprint density at radius 3 is 2.47 bits per heavy atom. The minimum atomic E-state index is -0.0316. The Morgan fingerprint density at radius 2 is 2.00 bits per heavy atom. The lowest BCUT2D eigenvalue weighted by Gasteiger charge is -2.31. The zero-order valence-electron chi connectivity index (χ0n) is 11.8. The lowest BCUT2D eigenvalue weighted by Crippen LogP contribution is -2.37. The zero-order valence-corrected chi connectivity index (χ0v) is 14.2. The van der Waals surface area contributed by atoms with Crippen LogP contribution in [0.2, 0.25) is 5.02 Å². The highest BCUT2D eigenvalue weighted by Gasteiger charge is 2.25. The number of benzene rings is 1. The molecule has 0 aliphatic carbocycles. The molecule has 1 aromatic rings. The quantitative estimate of drug-likeness (QED) is 0.757. The highest BCUT2D eigenvalue weighted by atomic mass is 79.9. The number of nitrogens with one attached hydrogen (secondary N) is 1. The minimum Gasteiger partial charge on any atom is -0.396 e. The summed E-state index contributed by atoms with van der Waals surface area (Å²) in [5, 5.41) is 13.8. The molecule has 1 unspecified atom stereocenters. The molecule has 0 saturated heterocycles. The Bertz CT molecular complexity index is 399. The van der Waals surface area contributed by atoms with Gasteiger partial charge in [0.05, 0.1) is 0 Å². The normalized spacial score (nSPS) is 13.6. The summed E-state index contributed by atoms with van der Waals surface area (Å²) in [4.78, 5) is 0. The molecule has 108 valence electrons. The molecule has 0 aliphatic rings. The van der Waals surface area contributed by atoms with Gasteiger partial charge in [-0.2, -0.15) is 0 Å². The molecule has 19 heavy (non-hydrogen) atoms. The van der Waals surface area contributed by atoms with Gasteiger partial charge >= 0.3 is 0 Å². The molecule has 1 aromatic carbocycles. The topological polar surface area (TPSA) is 32.3 Å². The Hall–Kier alpha value is -0.0900. The van der Waals surface area contributed by atoms with Gasteiger partial charge in [-0.15, -0.1) is 0 Å². The second-order valence-electron chi connectivity index (χ2n) is 5.13. The van der Waals surface area contributed by atoms with Gasteiger partial charge in [-0.05, 0) is 37.5 Å². The number of hydrogen-bond acceptors (Lipinski definition) is 2. The molecule has 0 heterocycles. The predicted molar refractivity (Wildman–Crippen MR) is 85.7 cm³/mol. The van der Waals surface area contributed by atoms with E-state index >= 15 is 0 Å². The zero-order chi connectivity index (χ0) is 14.5. The van der Waals surface area contributed by atoms with Crippen molar-refractivity contribution in [3.8, 4) is 0 Å². The van der Waals surface area contributed by atoms with Crippen LogP contribution < -0.4 is 5.32 Å². The Balaban J connectivity index is 2.72. The van der Waals surface area contributed by atoms with Gasteiger partial charge in [0.2, 0.25) is 0 Å². The standard InChI is InChI=1S/C15H23BrClNO/c1-4-15(5-2,10-19)9-18-11(3)13-7-6-12(16)8-14(13)17/h6-8,11,18-19H,4-5,9-10H2,1-3H3. The Morgan fingerprint density at radius 1 is 1.37 bits per heavy atom. The van der Waals surface area contributed by atoms with Crippen molar-refractivity contribution in [1.82, 2.24) is 5.32 Å². The molecule has 0 radical (unpaired) electrons. The maximum absolute atomic E-state index is 9.58. The number of halogens is 2. The van der Waals surface area contributed by atoms with E-state index in [1.165, 1.54) is 0 Å². The molecule has 0 amide bonds. The summed E-state index contributed by atoms with van der Waals surface area (Å²) in [5.41, 5.74) is 1.06. The first-order valence-electron chi connectivity index (χ1n) is 6.77. The third-order valence-corrected chi connectivity index (χ3v) is 4.87. The molecule has 0 aromatic heterocycles. The van der Waals surface area contributed by atoms with Crippen molar-refractivity contribution >= 4 is 27.5 Å². The van der Waals surface area contributed by atoms with Crippen molar-refractivity contribution in [2.24, 2.45) is 5.41 Å². The van der Waals surface area contributed by atoms with E-state index in [4.69, 9.17) is 11.6 Å². The lowest BCUT2D eigenvalue weighted by atomic mass is 9.83. The molecule has 0 saturated carbocycles. The van der Waals surface area contributed by atoms with E-state index < -0.39 is 0 Å². The van der Waals surface area contributed by atoms with Gasteiger partial charge in [0.15, 0.2) is 0 Å². The molecule has 0 spiro atoms. The molecular formula is C15H23BrClNO. The fraction of sp³-hybridized carbons (Fsp3) is 0.600. The monoisotopic (exact) mass is 347 g/mol. The third-order valence-electron chi connectivity index (χ3n) is 4.05. The molecule has 0 aliphatic heterocycles. The van der Waals surface area contributed by atoms with Crippen LogP contribution in [0.1, 0.15) is 45.2 Å². The van der Waals surface area contributed by atoms with Crippen LogP contribution in [0.4, 0.5) is 0 Å². The van der Waals surface area contributed by atoms with E-state index in [-0.39, 0.29) is 18.1 Å². The summed E-state index contributed by atoms with van der Waals surface area (Å²) in [5.74, 6) is 0.